The summed E-state index contributed by atoms with van der Waals surface area (Å²) in [4.78, 5) is 25.3. The van der Waals surface area contributed by atoms with E-state index in [0.717, 1.165) is 47.7 Å². The molecule has 1 aliphatic rings. The standard InChI is InChI=1S/C30H30IN3O6S/c1-34-18-21(24-17-22(13-14-26(24)34)32-30(36)40-23-7-3-4-8-23)15-19-11-12-20(16-27(19)39-2)29(35)33-41(37,38)28-10-6-5-9-25(28)31/h5-6,9-14,16-18,23H,3-4,7-8,15H2,1-2H3,(H,32,36)(H,33,35). The Hall–Kier alpha value is -3.58. The highest BCUT2D eigenvalue weighted by Crippen LogP contribution is 2.30. The maximum atomic E-state index is 12.9. The molecule has 11 heteroatoms. The number of rotatable bonds is 8. The highest BCUT2D eigenvalue weighted by atomic mass is 127. The summed E-state index contributed by atoms with van der Waals surface area (Å²) in [5.74, 6) is -0.296. The number of nitrogens with one attached hydrogen (secondary N) is 2. The second-order valence-corrected chi connectivity index (χ2v) is 12.8. The molecule has 0 spiro atoms. The Labute approximate surface area is 252 Å². The summed E-state index contributed by atoms with van der Waals surface area (Å²) < 4.78 is 41.4. The number of nitrogens with zero attached hydrogens (tertiary/aromatic N) is 1. The van der Waals surface area contributed by atoms with Crippen LogP contribution in [-0.4, -0.2) is 38.2 Å². The fourth-order valence-electron chi connectivity index (χ4n) is 5.13. The highest BCUT2D eigenvalue weighted by molar-refractivity contribution is 14.1. The second kappa shape index (κ2) is 12.1. The molecule has 5 rings (SSSR count). The average Bonchev–Trinajstić information content (AvgIpc) is 3.56. The number of carbonyl (C=O) groups is 2. The molecule has 1 heterocycles. The predicted octanol–water partition coefficient (Wildman–Crippen LogP) is 5.99. The SMILES string of the molecule is COc1cc(C(=O)NS(=O)(=O)c2ccccc2I)ccc1Cc1cn(C)c2ccc(NC(=O)OC3CCCC3)cc12. The zero-order chi connectivity index (χ0) is 29.1. The molecule has 4 aromatic rings. The molecule has 9 nitrogen and oxygen atoms in total. The van der Waals surface area contributed by atoms with Gasteiger partial charge in [-0.3, -0.25) is 10.1 Å². The molecule has 0 atom stereocenters. The van der Waals surface area contributed by atoms with Crippen LogP contribution in [0.4, 0.5) is 10.5 Å². The first-order valence-electron chi connectivity index (χ1n) is 13.2. The maximum absolute atomic E-state index is 12.9. The van der Waals surface area contributed by atoms with Gasteiger partial charge in [0.1, 0.15) is 16.7 Å². The van der Waals surface area contributed by atoms with E-state index in [4.69, 9.17) is 9.47 Å². The molecule has 0 radical (unpaired) electrons. The lowest BCUT2D eigenvalue weighted by Gasteiger charge is -2.13. The van der Waals surface area contributed by atoms with Crippen LogP contribution in [0.3, 0.4) is 0 Å². The molecule has 0 bridgehead atoms. The Balaban J connectivity index is 1.35. The number of sulfonamides is 1. The van der Waals surface area contributed by atoms with E-state index in [0.29, 0.717) is 21.4 Å². The van der Waals surface area contributed by atoms with Gasteiger partial charge in [-0.1, -0.05) is 18.2 Å². The zero-order valence-corrected chi connectivity index (χ0v) is 25.6. The summed E-state index contributed by atoms with van der Waals surface area (Å²) in [6, 6.07) is 17.0. The molecule has 1 fully saturated rings. The zero-order valence-electron chi connectivity index (χ0n) is 22.6. The first kappa shape index (κ1) is 28.9. The first-order chi connectivity index (χ1) is 19.6. The summed E-state index contributed by atoms with van der Waals surface area (Å²) in [7, 11) is -0.592. The monoisotopic (exact) mass is 687 g/mol. The van der Waals surface area contributed by atoms with E-state index >= 15 is 0 Å². The molecule has 0 saturated heterocycles. The van der Waals surface area contributed by atoms with Crippen molar-refractivity contribution in [3.05, 3.63) is 87.1 Å². The number of carbonyl (C=O) groups excluding carboxylic acids is 2. The fraction of sp³-hybridized carbons (Fsp3) is 0.267. The van der Waals surface area contributed by atoms with Crippen molar-refractivity contribution in [2.24, 2.45) is 7.05 Å². The van der Waals surface area contributed by atoms with Crippen LogP contribution in [0.1, 0.15) is 47.2 Å². The molecule has 0 aliphatic heterocycles. The van der Waals surface area contributed by atoms with Crippen molar-refractivity contribution in [1.82, 2.24) is 9.29 Å². The summed E-state index contributed by atoms with van der Waals surface area (Å²) in [6.45, 7) is 0. The fourth-order valence-corrected chi connectivity index (χ4v) is 7.44. The number of hydrogen-bond donors (Lipinski definition) is 2. The smallest absolute Gasteiger partial charge is 0.411 e. The van der Waals surface area contributed by atoms with Gasteiger partial charge in [0.25, 0.3) is 15.9 Å². The van der Waals surface area contributed by atoms with E-state index in [2.05, 4.69) is 10.0 Å². The number of methoxy groups -OCH3 is 1. The lowest BCUT2D eigenvalue weighted by molar-refractivity contribution is 0.0980. The number of ether oxygens (including phenoxy) is 2. The number of hydrogen-bond acceptors (Lipinski definition) is 6. The van der Waals surface area contributed by atoms with Crippen LogP contribution in [0.25, 0.3) is 10.9 Å². The van der Waals surface area contributed by atoms with Crippen LogP contribution < -0.4 is 14.8 Å². The molecule has 2 N–H and O–H groups in total. The first-order valence-corrected chi connectivity index (χ1v) is 15.7. The van der Waals surface area contributed by atoms with E-state index in [1.807, 2.05) is 58.6 Å². The van der Waals surface area contributed by atoms with Gasteiger partial charge in [-0.2, -0.15) is 0 Å². The van der Waals surface area contributed by atoms with Gasteiger partial charge < -0.3 is 14.0 Å². The Morgan fingerprint density at radius 1 is 1.02 bits per heavy atom. The van der Waals surface area contributed by atoms with Crippen LogP contribution in [0.2, 0.25) is 0 Å². The lowest BCUT2D eigenvalue weighted by atomic mass is 10.0. The predicted molar refractivity (Wildman–Crippen MR) is 165 cm³/mol. The van der Waals surface area contributed by atoms with Gasteiger partial charge in [-0.15, -0.1) is 0 Å². The van der Waals surface area contributed by atoms with Gasteiger partial charge in [-0.05, 0) is 102 Å². The van der Waals surface area contributed by atoms with Crippen LogP contribution >= 0.6 is 22.6 Å². The van der Waals surface area contributed by atoms with Crippen molar-refractivity contribution in [1.29, 1.82) is 0 Å². The molecule has 214 valence electrons. The van der Waals surface area contributed by atoms with Gasteiger partial charge >= 0.3 is 6.09 Å². The van der Waals surface area contributed by atoms with Crippen LogP contribution in [0.5, 0.6) is 5.75 Å². The van der Waals surface area contributed by atoms with Crippen molar-refractivity contribution >= 4 is 61.2 Å². The van der Waals surface area contributed by atoms with Gasteiger partial charge in [0.2, 0.25) is 0 Å². The van der Waals surface area contributed by atoms with E-state index in [1.165, 1.54) is 19.2 Å². The summed E-state index contributed by atoms with van der Waals surface area (Å²) in [6.07, 6.45) is 5.99. The van der Waals surface area contributed by atoms with E-state index in [1.54, 1.807) is 30.3 Å². The third kappa shape index (κ3) is 6.51. The van der Waals surface area contributed by atoms with Crippen molar-refractivity contribution in [2.75, 3.05) is 12.4 Å². The highest BCUT2D eigenvalue weighted by Gasteiger charge is 2.23. The Morgan fingerprint density at radius 2 is 1.78 bits per heavy atom. The largest absolute Gasteiger partial charge is 0.496 e. The number of fused-ring (bicyclic) bond motifs is 1. The lowest BCUT2D eigenvalue weighted by Crippen LogP contribution is -2.31. The second-order valence-electron chi connectivity index (χ2n) is 10.0. The molecule has 1 saturated carbocycles. The number of aromatic nitrogens is 1. The maximum Gasteiger partial charge on any atom is 0.411 e. The van der Waals surface area contributed by atoms with Gasteiger partial charge in [0.15, 0.2) is 0 Å². The third-order valence-corrected chi connectivity index (χ3v) is 9.87. The van der Waals surface area contributed by atoms with Crippen molar-refractivity contribution < 1.29 is 27.5 Å². The Kier molecular flexibility index (Phi) is 8.55. The summed E-state index contributed by atoms with van der Waals surface area (Å²) in [5.41, 5.74) is 3.60. The minimum absolute atomic E-state index is 0.0225. The number of benzene rings is 3. The van der Waals surface area contributed by atoms with Crippen molar-refractivity contribution in [3.63, 3.8) is 0 Å². The van der Waals surface area contributed by atoms with Crippen LogP contribution in [0, 0.1) is 3.57 Å². The van der Waals surface area contributed by atoms with Gasteiger partial charge in [0, 0.05) is 45.4 Å². The molecule has 41 heavy (non-hydrogen) atoms. The quantitative estimate of drug-likeness (QED) is 0.220. The van der Waals surface area contributed by atoms with Crippen molar-refractivity contribution in [3.8, 4) is 5.75 Å². The topological polar surface area (TPSA) is 116 Å². The summed E-state index contributed by atoms with van der Waals surface area (Å²) in [5, 5.41) is 3.81. The number of halogens is 1. The molecule has 3 aromatic carbocycles. The van der Waals surface area contributed by atoms with Gasteiger partial charge in [-0.25, -0.2) is 17.9 Å². The Morgan fingerprint density at radius 3 is 2.51 bits per heavy atom. The van der Waals surface area contributed by atoms with Crippen LogP contribution in [0.15, 0.2) is 71.8 Å². The summed E-state index contributed by atoms with van der Waals surface area (Å²) >= 11 is 1.92. The third-order valence-electron chi connectivity index (χ3n) is 7.18. The number of aryl methyl sites for hydroxylation is 1. The molecule has 0 unspecified atom stereocenters. The molecule has 2 amide bonds. The average molecular weight is 688 g/mol. The number of anilines is 1. The molecular formula is C30H30IN3O6S. The number of amides is 2. The molecule has 1 aromatic heterocycles. The van der Waals surface area contributed by atoms with E-state index < -0.39 is 22.0 Å². The molecular weight excluding hydrogens is 657 g/mol. The van der Waals surface area contributed by atoms with E-state index in [-0.39, 0.29) is 16.6 Å². The van der Waals surface area contributed by atoms with Gasteiger partial charge in [0.05, 0.1) is 7.11 Å². The van der Waals surface area contributed by atoms with Crippen LogP contribution in [-0.2, 0) is 28.2 Å². The minimum Gasteiger partial charge on any atom is -0.496 e. The normalized spacial score (nSPS) is 13.7. The molecule has 1 aliphatic carbocycles. The minimum atomic E-state index is -4.05. The Bertz CT molecular complexity index is 1730. The van der Waals surface area contributed by atoms with Crippen molar-refractivity contribution in [2.45, 2.75) is 43.1 Å². The van der Waals surface area contributed by atoms with E-state index in [9.17, 15) is 18.0 Å².